The Labute approximate surface area is 128 Å². The van der Waals surface area contributed by atoms with Crippen LogP contribution in [0.2, 0.25) is 0 Å². The number of aryl methyl sites for hydroxylation is 1. The summed E-state index contributed by atoms with van der Waals surface area (Å²) in [4.78, 5) is 35.2. The minimum absolute atomic E-state index is 0.106. The van der Waals surface area contributed by atoms with Crippen molar-refractivity contribution in [1.82, 2.24) is 0 Å². The number of ketones is 1. The Balaban J connectivity index is 1.93. The second-order valence-corrected chi connectivity index (χ2v) is 6.24. The summed E-state index contributed by atoms with van der Waals surface area (Å²) in [6.07, 6.45) is 0.844. The molecule has 2 rings (SSSR count). The maximum Gasteiger partial charge on any atom is 0.349 e. The highest BCUT2D eigenvalue weighted by Gasteiger charge is 2.18. The number of ether oxygens (including phenoxy) is 1. The molecule has 8 heteroatoms. The molecule has 0 aliphatic carbocycles. The Hall–Kier alpha value is -2.06. The number of rotatable bonds is 6. The Kier molecular flexibility index (Phi) is 4.81. The smallest absolute Gasteiger partial charge is 0.349 e. The van der Waals surface area contributed by atoms with Gasteiger partial charge in [-0.1, -0.05) is 18.3 Å². The van der Waals surface area contributed by atoms with Crippen molar-refractivity contribution in [1.29, 1.82) is 0 Å². The molecule has 0 aliphatic heterocycles. The molecule has 0 saturated carbocycles. The van der Waals surface area contributed by atoms with Gasteiger partial charge in [-0.2, -0.15) is 0 Å². The van der Waals surface area contributed by atoms with E-state index in [9.17, 15) is 19.7 Å². The van der Waals surface area contributed by atoms with Crippen molar-refractivity contribution < 1.29 is 19.2 Å². The van der Waals surface area contributed by atoms with Crippen LogP contribution in [0.1, 0.15) is 31.1 Å². The molecule has 2 aromatic heterocycles. The topological polar surface area (TPSA) is 86.5 Å². The molecule has 21 heavy (non-hydrogen) atoms. The van der Waals surface area contributed by atoms with Crippen LogP contribution in [0.5, 0.6) is 0 Å². The van der Waals surface area contributed by atoms with Gasteiger partial charge in [0, 0.05) is 10.9 Å². The molecule has 0 amide bonds. The van der Waals surface area contributed by atoms with Crippen molar-refractivity contribution in [2.45, 2.75) is 13.3 Å². The first-order valence-electron chi connectivity index (χ1n) is 6.04. The van der Waals surface area contributed by atoms with Gasteiger partial charge in [-0.15, -0.1) is 11.3 Å². The van der Waals surface area contributed by atoms with E-state index in [0.29, 0.717) is 4.88 Å². The van der Waals surface area contributed by atoms with Gasteiger partial charge in [0.1, 0.15) is 4.88 Å². The van der Waals surface area contributed by atoms with Crippen molar-refractivity contribution in [2.24, 2.45) is 0 Å². The monoisotopic (exact) mass is 325 g/mol. The number of nitrogens with zero attached hydrogens (tertiary/aromatic N) is 1. The molecule has 0 saturated heterocycles. The van der Waals surface area contributed by atoms with Crippen LogP contribution in [0.25, 0.3) is 0 Å². The number of hydrogen-bond acceptors (Lipinski definition) is 7. The van der Waals surface area contributed by atoms with E-state index in [1.165, 1.54) is 23.5 Å². The highest BCUT2D eigenvalue weighted by atomic mass is 32.1. The van der Waals surface area contributed by atoms with E-state index >= 15 is 0 Å². The fraction of sp³-hybridized carbons (Fsp3) is 0.231. The maximum absolute atomic E-state index is 11.9. The molecule has 0 aliphatic rings. The summed E-state index contributed by atoms with van der Waals surface area (Å²) in [5, 5.41) is 10.4. The van der Waals surface area contributed by atoms with Crippen LogP contribution in [-0.4, -0.2) is 23.3 Å². The van der Waals surface area contributed by atoms with Gasteiger partial charge in [0.05, 0.1) is 9.80 Å². The summed E-state index contributed by atoms with van der Waals surface area (Å²) in [6.45, 7) is 1.62. The van der Waals surface area contributed by atoms with Crippen LogP contribution < -0.4 is 0 Å². The minimum Gasteiger partial charge on any atom is -0.453 e. The Morgan fingerprint density at radius 3 is 2.48 bits per heavy atom. The fourth-order valence-electron chi connectivity index (χ4n) is 1.53. The van der Waals surface area contributed by atoms with E-state index in [4.69, 9.17) is 4.74 Å². The molecular weight excluding hydrogens is 314 g/mol. The Morgan fingerprint density at radius 1 is 1.19 bits per heavy atom. The van der Waals surface area contributed by atoms with Crippen LogP contribution in [0.4, 0.5) is 5.00 Å². The van der Waals surface area contributed by atoms with Gasteiger partial charge >= 0.3 is 11.0 Å². The van der Waals surface area contributed by atoms with E-state index in [1.807, 2.05) is 13.0 Å². The summed E-state index contributed by atoms with van der Waals surface area (Å²) < 4.78 is 4.89. The van der Waals surface area contributed by atoms with E-state index in [0.717, 1.165) is 22.6 Å². The molecule has 0 N–H and O–H groups in total. The van der Waals surface area contributed by atoms with Crippen LogP contribution in [0.15, 0.2) is 24.3 Å². The molecule has 2 aromatic rings. The van der Waals surface area contributed by atoms with Gasteiger partial charge in [-0.25, -0.2) is 4.79 Å². The number of nitro groups is 1. The second-order valence-electron chi connectivity index (χ2n) is 4.01. The normalized spacial score (nSPS) is 10.3. The lowest BCUT2D eigenvalue weighted by Gasteiger charge is -2.00. The predicted molar refractivity (Wildman–Crippen MR) is 79.3 cm³/mol. The first-order valence-corrected chi connectivity index (χ1v) is 7.67. The van der Waals surface area contributed by atoms with Gasteiger partial charge in [0.25, 0.3) is 0 Å². The third-order valence-corrected chi connectivity index (χ3v) is 4.88. The van der Waals surface area contributed by atoms with Crippen molar-refractivity contribution in [3.63, 3.8) is 0 Å². The molecule has 0 atom stereocenters. The third kappa shape index (κ3) is 3.73. The van der Waals surface area contributed by atoms with E-state index in [2.05, 4.69) is 0 Å². The predicted octanol–water partition coefficient (Wildman–Crippen LogP) is 3.32. The summed E-state index contributed by atoms with van der Waals surface area (Å²) in [5.41, 5.74) is 0. The molecule has 0 aromatic carbocycles. The lowest BCUT2D eigenvalue weighted by atomic mass is 10.3. The molecule has 2 heterocycles. The van der Waals surface area contributed by atoms with E-state index in [1.54, 1.807) is 6.07 Å². The molecule has 0 unspecified atom stereocenters. The zero-order chi connectivity index (χ0) is 15.4. The van der Waals surface area contributed by atoms with E-state index in [-0.39, 0.29) is 22.3 Å². The van der Waals surface area contributed by atoms with E-state index < -0.39 is 10.9 Å². The average molecular weight is 325 g/mol. The second kappa shape index (κ2) is 6.59. The lowest BCUT2D eigenvalue weighted by molar-refractivity contribution is -0.380. The van der Waals surface area contributed by atoms with Crippen LogP contribution in [0, 0.1) is 10.1 Å². The molecule has 0 bridgehead atoms. The van der Waals surface area contributed by atoms with Gasteiger partial charge in [0.15, 0.2) is 6.61 Å². The summed E-state index contributed by atoms with van der Waals surface area (Å²) >= 11 is 2.09. The third-order valence-electron chi connectivity index (χ3n) is 2.59. The highest BCUT2D eigenvalue weighted by molar-refractivity contribution is 7.17. The average Bonchev–Trinajstić information content (AvgIpc) is 3.12. The molecule has 110 valence electrons. The number of carbonyl (C=O) groups is 2. The van der Waals surface area contributed by atoms with Crippen molar-refractivity contribution in [3.05, 3.63) is 49.0 Å². The summed E-state index contributed by atoms with van der Waals surface area (Å²) in [7, 11) is 0. The zero-order valence-corrected chi connectivity index (χ0v) is 12.7. The van der Waals surface area contributed by atoms with Crippen molar-refractivity contribution >= 4 is 39.4 Å². The highest BCUT2D eigenvalue weighted by Crippen LogP contribution is 2.24. The van der Waals surface area contributed by atoms with Crippen LogP contribution in [0.3, 0.4) is 0 Å². The largest absolute Gasteiger partial charge is 0.453 e. The van der Waals surface area contributed by atoms with Gasteiger partial charge in [-0.3, -0.25) is 14.9 Å². The standard InChI is InChI=1S/C13H11NO5S2/c1-2-8-3-4-10(20-8)9(15)7-19-13(16)11-5-6-12(21-11)14(17)18/h3-6H,2,7H2,1H3. The van der Waals surface area contributed by atoms with Gasteiger partial charge in [0.2, 0.25) is 5.78 Å². The van der Waals surface area contributed by atoms with Crippen LogP contribution in [-0.2, 0) is 11.2 Å². The molecular formula is C13H11NO5S2. The van der Waals surface area contributed by atoms with Gasteiger partial charge < -0.3 is 4.74 Å². The SMILES string of the molecule is CCc1ccc(C(=O)COC(=O)c2ccc([N+](=O)[O-])s2)s1. The molecule has 6 nitrogen and oxygen atoms in total. The fourth-order valence-corrected chi connectivity index (χ4v) is 3.11. The van der Waals surface area contributed by atoms with Crippen molar-refractivity contribution in [2.75, 3.05) is 6.61 Å². The Morgan fingerprint density at radius 2 is 1.90 bits per heavy atom. The minimum atomic E-state index is -0.728. The van der Waals surface area contributed by atoms with Crippen molar-refractivity contribution in [3.8, 4) is 0 Å². The summed E-state index contributed by atoms with van der Waals surface area (Å²) in [6, 6.07) is 6.11. The zero-order valence-electron chi connectivity index (χ0n) is 11.0. The molecule has 0 radical (unpaired) electrons. The lowest BCUT2D eigenvalue weighted by Crippen LogP contribution is -2.12. The number of hydrogen-bond donors (Lipinski definition) is 0. The molecule has 0 fully saturated rings. The number of esters is 1. The number of carbonyl (C=O) groups excluding carboxylic acids is 2. The Bertz CT molecular complexity index is 688. The van der Waals surface area contributed by atoms with Gasteiger partial charge in [-0.05, 0) is 24.6 Å². The number of thiophene rings is 2. The summed E-state index contributed by atoms with van der Waals surface area (Å²) in [5.74, 6) is -1.01. The number of Topliss-reactive ketones (excluding diaryl/α,β-unsaturated/α-hetero) is 1. The van der Waals surface area contributed by atoms with Crippen LogP contribution >= 0.6 is 22.7 Å². The quantitative estimate of drug-likeness (QED) is 0.352. The first-order chi connectivity index (χ1) is 10.0. The first kappa shape index (κ1) is 15.3. The maximum atomic E-state index is 11.9. The molecule has 0 spiro atoms.